The third-order valence-electron chi connectivity index (χ3n) is 4.48. The van der Waals surface area contributed by atoms with Crippen LogP contribution in [0.2, 0.25) is 0 Å². The van der Waals surface area contributed by atoms with Crippen LogP contribution in [-0.4, -0.2) is 74.2 Å². The molecule has 1 fully saturated rings. The van der Waals surface area contributed by atoms with E-state index >= 15 is 0 Å². The number of piperazine rings is 1. The monoisotopic (exact) mass is 391 g/mol. The van der Waals surface area contributed by atoms with E-state index in [9.17, 15) is 4.79 Å². The molecule has 8 heteroatoms. The smallest absolute Gasteiger partial charge is 0.239 e. The molecular weight excluding hydrogens is 365 g/mol. The molecule has 0 saturated carbocycles. The molecule has 1 aromatic rings. The van der Waals surface area contributed by atoms with Crippen molar-refractivity contribution in [3.05, 3.63) is 24.3 Å². The highest BCUT2D eigenvalue weighted by molar-refractivity contribution is 5.85. The normalized spacial score (nSPS) is 20.6. The lowest BCUT2D eigenvalue weighted by Crippen LogP contribution is -2.54. The Kier molecular flexibility index (Phi) is 8.79. The van der Waals surface area contributed by atoms with Crippen LogP contribution in [0.15, 0.2) is 24.3 Å². The van der Waals surface area contributed by atoms with Crippen LogP contribution < -0.4 is 14.8 Å². The van der Waals surface area contributed by atoms with Gasteiger partial charge in [-0.25, -0.2) is 0 Å². The number of carbonyl (C=O) groups excluding carboxylic acids is 1. The molecule has 142 valence electrons. The third-order valence-corrected chi connectivity index (χ3v) is 4.48. The van der Waals surface area contributed by atoms with E-state index in [0.29, 0.717) is 13.2 Å². The minimum absolute atomic E-state index is 0. The largest absolute Gasteiger partial charge is 0.486 e. The predicted molar refractivity (Wildman–Crippen MR) is 102 cm³/mol. The molecule has 2 aliphatic heterocycles. The van der Waals surface area contributed by atoms with Gasteiger partial charge in [0, 0.05) is 33.2 Å². The molecular formula is C17H27Cl2N3O3. The second kappa shape index (κ2) is 10.1. The number of nitrogens with one attached hydrogen (secondary N) is 1. The topological polar surface area (TPSA) is 54.0 Å². The number of benzene rings is 1. The number of halogens is 2. The number of hydrogen-bond acceptors (Lipinski definition) is 5. The maximum atomic E-state index is 12.6. The van der Waals surface area contributed by atoms with Crippen molar-refractivity contribution in [1.29, 1.82) is 0 Å². The SMILES string of the molecule is CC(C(=O)N(C)CC1COc2ccccc2O1)N1CCNCC1.Cl.Cl. The Hall–Kier alpha value is -1.21. The second-order valence-electron chi connectivity index (χ2n) is 6.18. The first-order valence-electron chi connectivity index (χ1n) is 8.23. The molecule has 2 unspecified atom stereocenters. The summed E-state index contributed by atoms with van der Waals surface area (Å²) in [5.41, 5.74) is 0. The molecule has 1 amide bonds. The fourth-order valence-corrected chi connectivity index (χ4v) is 3.09. The van der Waals surface area contributed by atoms with Crippen molar-refractivity contribution in [2.45, 2.75) is 19.1 Å². The van der Waals surface area contributed by atoms with Crippen molar-refractivity contribution in [2.24, 2.45) is 0 Å². The van der Waals surface area contributed by atoms with E-state index in [1.807, 2.05) is 38.2 Å². The summed E-state index contributed by atoms with van der Waals surface area (Å²) in [5.74, 6) is 1.65. The number of nitrogens with zero attached hydrogens (tertiary/aromatic N) is 2. The summed E-state index contributed by atoms with van der Waals surface area (Å²) < 4.78 is 11.6. The lowest BCUT2D eigenvalue weighted by atomic mass is 10.2. The summed E-state index contributed by atoms with van der Waals surface area (Å²) in [4.78, 5) is 16.6. The van der Waals surface area contributed by atoms with Crippen LogP contribution in [0.3, 0.4) is 0 Å². The van der Waals surface area contributed by atoms with E-state index < -0.39 is 0 Å². The van der Waals surface area contributed by atoms with Crippen molar-refractivity contribution < 1.29 is 14.3 Å². The number of para-hydroxylation sites is 2. The first kappa shape index (κ1) is 21.8. The van der Waals surface area contributed by atoms with Gasteiger partial charge in [0.15, 0.2) is 17.6 Å². The Labute approximate surface area is 161 Å². The van der Waals surface area contributed by atoms with Gasteiger partial charge in [0.1, 0.15) is 6.61 Å². The molecule has 1 aromatic carbocycles. The van der Waals surface area contributed by atoms with Gasteiger partial charge in [0.05, 0.1) is 12.6 Å². The van der Waals surface area contributed by atoms with Gasteiger partial charge in [0.2, 0.25) is 5.91 Å². The first-order valence-corrected chi connectivity index (χ1v) is 8.23. The van der Waals surface area contributed by atoms with Gasteiger partial charge in [-0.2, -0.15) is 0 Å². The molecule has 2 atom stereocenters. The van der Waals surface area contributed by atoms with Crippen molar-refractivity contribution in [3.8, 4) is 11.5 Å². The van der Waals surface area contributed by atoms with E-state index in [0.717, 1.165) is 37.7 Å². The van der Waals surface area contributed by atoms with Crippen molar-refractivity contribution in [1.82, 2.24) is 15.1 Å². The Morgan fingerprint density at radius 3 is 2.60 bits per heavy atom. The van der Waals surface area contributed by atoms with Crippen LogP contribution in [0.5, 0.6) is 11.5 Å². The van der Waals surface area contributed by atoms with E-state index in [4.69, 9.17) is 9.47 Å². The molecule has 6 nitrogen and oxygen atoms in total. The Morgan fingerprint density at radius 1 is 1.28 bits per heavy atom. The molecule has 25 heavy (non-hydrogen) atoms. The minimum atomic E-state index is -0.130. The van der Waals surface area contributed by atoms with Gasteiger partial charge < -0.3 is 19.7 Å². The van der Waals surface area contributed by atoms with E-state index in [1.54, 1.807) is 4.90 Å². The number of amides is 1. The van der Waals surface area contributed by atoms with Crippen LogP contribution in [-0.2, 0) is 4.79 Å². The van der Waals surface area contributed by atoms with Crippen molar-refractivity contribution >= 4 is 30.7 Å². The lowest BCUT2D eigenvalue weighted by Gasteiger charge is -2.35. The summed E-state index contributed by atoms with van der Waals surface area (Å²) in [6.07, 6.45) is -0.130. The fraction of sp³-hybridized carbons (Fsp3) is 0.588. The van der Waals surface area contributed by atoms with Gasteiger partial charge >= 0.3 is 0 Å². The van der Waals surface area contributed by atoms with Crippen LogP contribution in [0, 0.1) is 0 Å². The highest BCUT2D eigenvalue weighted by Gasteiger charge is 2.28. The number of rotatable bonds is 4. The maximum Gasteiger partial charge on any atom is 0.239 e. The Morgan fingerprint density at radius 2 is 1.92 bits per heavy atom. The molecule has 0 aliphatic carbocycles. The van der Waals surface area contributed by atoms with E-state index in [2.05, 4.69) is 10.2 Å². The van der Waals surface area contributed by atoms with E-state index in [-0.39, 0.29) is 42.9 Å². The molecule has 3 rings (SSSR count). The third kappa shape index (κ3) is 5.38. The van der Waals surface area contributed by atoms with Crippen LogP contribution in [0.25, 0.3) is 0 Å². The summed E-state index contributed by atoms with van der Waals surface area (Å²) in [7, 11) is 1.84. The van der Waals surface area contributed by atoms with Gasteiger partial charge in [0.25, 0.3) is 0 Å². The van der Waals surface area contributed by atoms with Crippen LogP contribution in [0.4, 0.5) is 0 Å². The minimum Gasteiger partial charge on any atom is -0.486 e. The summed E-state index contributed by atoms with van der Waals surface area (Å²) in [6, 6.07) is 7.54. The average molecular weight is 392 g/mol. The first-order chi connectivity index (χ1) is 11.1. The van der Waals surface area contributed by atoms with Crippen LogP contribution >= 0.6 is 24.8 Å². The van der Waals surface area contributed by atoms with Crippen molar-refractivity contribution in [2.75, 3.05) is 46.4 Å². The molecule has 0 radical (unpaired) electrons. The molecule has 2 aliphatic rings. The molecule has 2 heterocycles. The molecule has 0 spiro atoms. The number of likely N-dealkylation sites (N-methyl/N-ethyl adjacent to an activating group) is 1. The molecule has 1 N–H and O–H groups in total. The summed E-state index contributed by atoms with van der Waals surface area (Å²) >= 11 is 0. The Bertz CT molecular complexity index is 556. The van der Waals surface area contributed by atoms with Crippen molar-refractivity contribution in [3.63, 3.8) is 0 Å². The zero-order chi connectivity index (χ0) is 16.2. The maximum absolute atomic E-state index is 12.6. The highest BCUT2D eigenvalue weighted by Crippen LogP contribution is 2.30. The van der Waals surface area contributed by atoms with Gasteiger partial charge in [-0.3, -0.25) is 9.69 Å². The average Bonchev–Trinajstić information content (AvgIpc) is 2.61. The quantitative estimate of drug-likeness (QED) is 0.840. The Balaban J connectivity index is 0.00000156. The summed E-state index contributed by atoms with van der Waals surface area (Å²) in [6.45, 7) is 6.70. The number of fused-ring (bicyclic) bond motifs is 1. The van der Waals surface area contributed by atoms with Gasteiger partial charge in [-0.05, 0) is 19.1 Å². The van der Waals surface area contributed by atoms with Gasteiger partial charge in [-0.1, -0.05) is 12.1 Å². The fourth-order valence-electron chi connectivity index (χ4n) is 3.09. The number of carbonyl (C=O) groups is 1. The van der Waals surface area contributed by atoms with Gasteiger partial charge in [-0.15, -0.1) is 24.8 Å². The standard InChI is InChI=1S/C17H25N3O3.2ClH/c1-13(20-9-7-18-8-10-20)17(21)19(2)11-14-12-22-15-5-3-4-6-16(15)23-14;;/h3-6,13-14,18H,7-12H2,1-2H3;2*1H. The molecule has 0 aromatic heterocycles. The number of ether oxygens (including phenoxy) is 2. The molecule has 0 bridgehead atoms. The highest BCUT2D eigenvalue weighted by atomic mass is 35.5. The van der Waals surface area contributed by atoms with Crippen LogP contribution in [0.1, 0.15) is 6.92 Å². The lowest BCUT2D eigenvalue weighted by molar-refractivity contribution is -0.136. The zero-order valence-electron chi connectivity index (χ0n) is 14.6. The summed E-state index contributed by atoms with van der Waals surface area (Å²) in [5, 5.41) is 3.31. The predicted octanol–water partition coefficient (Wildman–Crippen LogP) is 1.42. The second-order valence-corrected chi connectivity index (χ2v) is 6.18. The number of hydrogen-bond donors (Lipinski definition) is 1. The zero-order valence-corrected chi connectivity index (χ0v) is 16.3. The van der Waals surface area contributed by atoms with E-state index in [1.165, 1.54) is 0 Å². The molecule has 1 saturated heterocycles.